The molecule has 3 aromatic carbocycles. The van der Waals surface area contributed by atoms with Crippen LogP contribution in [-0.4, -0.2) is 109 Å². The van der Waals surface area contributed by atoms with Crippen LogP contribution in [0.3, 0.4) is 0 Å². The first-order valence-corrected chi connectivity index (χ1v) is 18.9. The lowest BCUT2D eigenvalue weighted by molar-refractivity contribution is -0.366. The number of esters is 4. The Morgan fingerprint density at radius 2 is 1.09 bits per heavy atom. The van der Waals surface area contributed by atoms with E-state index in [1.165, 1.54) is 0 Å². The summed E-state index contributed by atoms with van der Waals surface area (Å²) >= 11 is 5.82. The van der Waals surface area contributed by atoms with Crippen molar-refractivity contribution in [1.29, 1.82) is 0 Å². The molecule has 1 N–H and O–H groups in total. The average Bonchev–Trinajstić information content (AvgIpc) is 3.19. The highest BCUT2D eigenvalue weighted by Gasteiger charge is 2.56. The number of halogens is 1. The zero-order valence-electron chi connectivity index (χ0n) is 31.7. The normalized spacial score (nSPS) is 27.2. The summed E-state index contributed by atoms with van der Waals surface area (Å²) in [6.07, 6.45) is -13.8. The molecule has 0 amide bonds. The summed E-state index contributed by atoms with van der Waals surface area (Å²) in [5, 5.41) is 11.6. The Morgan fingerprint density at radius 3 is 1.61 bits per heavy atom. The largest absolute Gasteiger partial charge is 0.463 e. The molecular weight excluding hydrogens is 768 g/mol. The molecule has 15 nitrogen and oxygen atoms in total. The van der Waals surface area contributed by atoms with E-state index >= 15 is 0 Å². The topological polar surface area (TPSA) is 181 Å². The van der Waals surface area contributed by atoms with E-state index in [-0.39, 0.29) is 26.4 Å². The van der Waals surface area contributed by atoms with Gasteiger partial charge in [0.1, 0.15) is 43.0 Å². The van der Waals surface area contributed by atoms with E-state index in [0.717, 1.165) is 37.5 Å². The molecule has 2 aliphatic rings. The van der Waals surface area contributed by atoms with Crippen LogP contribution in [0, 0.1) is 0 Å². The van der Waals surface area contributed by atoms with Gasteiger partial charge in [-0.25, -0.2) is 0 Å². The van der Waals surface area contributed by atoms with Crippen molar-refractivity contribution in [2.24, 2.45) is 0 Å². The highest BCUT2D eigenvalue weighted by atomic mass is 35.5. The molecule has 2 fully saturated rings. The van der Waals surface area contributed by atoms with Gasteiger partial charge < -0.3 is 52.5 Å². The Morgan fingerprint density at radius 1 is 0.579 bits per heavy atom. The highest BCUT2D eigenvalue weighted by molar-refractivity contribution is 6.26. The molecule has 57 heavy (non-hydrogen) atoms. The van der Waals surface area contributed by atoms with Crippen LogP contribution in [0.2, 0.25) is 0 Å². The average molecular weight is 815 g/mol. The second kappa shape index (κ2) is 21.9. The predicted molar refractivity (Wildman–Crippen MR) is 199 cm³/mol. The molecule has 308 valence electrons. The van der Waals surface area contributed by atoms with Crippen molar-refractivity contribution in [3.8, 4) is 0 Å². The van der Waals surface area contributed by atoms with E-state index in [1.807, 2.05) is 91.0 Å². The standard InChI is InChI=1S/C41H47ClO15/c1-25(43)49-24-32-35(52-26(2)44)37(56-33(46)19-42)39(53-27(3)45)41(55-32)57-36-34(50-21-29-15-9-5-10-16-29)31(23-48-20-28-13-7-4-8-14-28)54-40(47)38(36)51-22-30-17-11-6-12-18-30/h4-18,31-32,34-41,47H,19-24H2,1-3H3/t31-,32-,34-,35-,36+,37+,38-,39-,40-,41+/m1/s1. The second-order valence-corrected chi connectivity index (χ2v) is 13.5. The number of aliphatic hydroxyl groups is 1. The first-order chi connectivity index (χ1) is 27.5. The van der Waals surface area contributed by atoms with Crippen LogP contribution in [-0.2, 0) is 86.4 Å². The quantitative estimate of drug-likeness (QED) is 0.111. The van der Waals surface area contributed by atoms with Crippen LogP contribution in [0.4, 0.5) is 0 Å². The molecule has 16 heteroatoms. The molecule has 5 rings (SSSR count). The van der Waals surface area contributed by atoms with Gasteiger partial charge in [-0.3, -0.25) is 19.2 Å². The number of aliphatic hydroxyl groups excluding tert-OH is 1. The van der Waals surface area contributed by atoms with Gasteiger partial charge in [-0.15, -0.1) is 11.6 Å². The number of hydrogen-bond acceptors (Lipinski definition) is 15. The monoisotopic (exact) mass is 814 g/mol. The second-order valence-electron chi connectivity index (χ2n) is 13.3. The van der Waals surface area contributed by atoms with Crippen molar-refractivity contribution in [3.05, 3.63) is 108 Å². The maximum atomic E-state index is 12.7. The first kappa shape index (κ1) is 43.7. The van der Waals surface area contributed by atoms with Crippen LogP contribution in [0.25, 0.3) is 0 Å². The summed E-state index contributed by atoms with van der Waals surface area (Å²) in [5.74, 6) is -3.90. The molecular formula is C41H47ClO15. The molecule has 0 bridgehead atoms. The van der Waals surface area contributed by atoms with Crippen LogP contribution in [0.1, 0.15) is 37.5 Å². The van der Waals surface area contributed by atoms with Gasteiger partial charge in [-0.2, -0.15) is 0 Å². The zero-order valence-corrected chi connectivity index (χ0v) is 32.5. The highest BCUT2D eigenvalue weighted by Crippen LogP contribution is 2.35. The summed E-state index contributed by atoms with van der Waals surface area (Å²) < 4.78 is 60.2. The summed E-state index contributed by atoms with van der Waals surface area (Å²) in [4.78, 5) is 49.7. The number of alkyl halides is 1. The molecule has 0 aliphatic carbocycles. The van der Waals surface area contributed by atoms with Gasteiger partial charge >= 0.3 is 23.9 Å². The molecule has 2 aliphatic heterocycles. The fraction of sp³-hybridized carbons (Fsp3) is 0.463. The Labute approximate surface area is 335 Å². The summed E-state index contributed by atoms with van der Waals surface area (Å²) in [5.41, 5.74) is 2.47. The van der Waals surface area contributed by atoms with Crippen LogP contribution in [0.15, 0.2) is 91.0 Å². The Kier molecular flexibility index (Phi) is 16.8. The number of benzene rings is 3. The third kappa shape index (κ3) is 13.0. The maximum absolute atomic E-state index is 12.7. The minimum absolute atomic E-state index is 0.00479. The van der Waals surface area contributed by atoms with Crippen molar-refractivity contribution >= 4 is 35.5 Å². The zero-order chi connectivity index (χ0) is 40.7. The molecule has 0 saturated carbocycles. The van der Waals surface area contributed by atoms with E-state index < -0.39 is 97.8 Å². The smallest absolute Gasteiger partial charge is 0.321 e. The van der Waals surface area contributed by atoms with Crippen molar-refractivity contribution < 1.29 is 71.7 Å². The van der Waals surface area contributed by atoms with Gasteiger partial charge in [0, 0.05) is 20.8 Å². The summed E-state index contributed by atoms with van der Waals surface area (Å²) in [6, 6.07) is 27.9. The Bertz CT molecular complexity index is 1710. The van der Waals surface area contributed by atoms with E-state index in [4.69, 9.17) is 59.0 Å². The lowest BCUT2D eigenvalue weighted by atomic mass is 9.96. The fourth-order valence-corrected chi connectivity index (χ4v) is 6.47. The van der Waals surface area contributed by atoms with E-state index in [2.05, 4.69) is 0 Å². The molecule has 2 saturated heterocycles. The molecule has 10 atom stereocenters. The third-order valence-corrected chi connectivity index (χ3v) is 9.11. The van der Waals surface area contributed by atoms with Gasteiger partial charge in [0.2, 0.25) is 0 Å². The number of rotatable bonds is 18. The third-order valence-electron chi connectivity index (χ3n) is 8.89. The van der Waals surface area contributed by atoms with Crippen LogP contribution in [0.5, 0.6) is 0 Å². The minimum Gasteiger partial charge on any atom is -0.463 e. The molecule has 3 aromatic rings. The fourth-order valence-electron chi connectivity index (χ4n) is 6.41. The predicted octanol–water partition coefficient (Wildman–Crippen LogP) is 3.78. The number of carbonyl (C=O) groups excluding carboxylic acids is 4. The van der Waals surface area contributed by atoms with E-state index in [9.17, 15) is 24.3 Å². The van der Waals surface area contributed by atoms with Crippen LogP contribution >= 0.6 is 11.6 Å². The van der Waals surface area contributed by atoms with Crippen molar-refractivity contribution in [2.75, 3.05) is 19.1 Å². The van der Waals surface area contributed by atoms with E-state index in [1.54, 1.807) is 0 Å². The minimum atomic E-state index is -1.65. The van der Waals surface area contributed by atoms with Gasteiger partial charge in [-0.05, 0) is 16.7 Å². The van der Waals surface area contributed by atoms with Gasteiger partial charge in [0.05, 0.1) is 26.4 Å². The summed E-state index contributed by atoms with van der Waals surface area (Å²) in [6.45, 7) is 3.09. The number of carbonyl (C=O) groups is 4. The van der Waals surface area contributed by atoms with Gasteiger partial charge in [0.25, 0.3) is 0 Å². The van der Waals surface area contributed by atoms with Crippen molar-refractivity contribution in [3.63, 3.8) is 0 Å². The number of hydrogen-bond donors (Lipinski definition) is 1. The van der Waals surface area contributed by atoms with Gasteiger partial charge in [-0.1, -0.05) is 91.0 Å². The molecule has 0 aromatic heterocycles. The van der Waals surface area contributed by atoms with E-state index in [0.29, 0.717) is 0 Å². The summed E-state index contributed by atoms with van der Waals surface area (Å²) in [7, 11) is 0. The molecule has 0 unspecified atom stereocenters. The van der Waals surface area contributed by atoms with Crippen molar-refractivity contribution in [2.45, 2.75) is 102 Å². The molecule has 2 heterocycles. The Balaban J connectivity index is 1.55. The lowest BCUT2D eigenvalue weighted by Crippen LogP contribution is -2.67. The van der Waals surface area contributed by atoms with Crippen molar-refractivity contribution in [1.82, 2.24) is 0 Å². The first-order valence-electron chi connectivity index (χ1n) is 18.3. The van der Waals surface area contributed by atoms with Gasteiger partial charge in [0.15, 0.2) is 30.9 Å². The Hall–Kier alpha value is -4.45. The SMILES string of the molecule is CC(=O)OC[C@H]1O[C@@H](O[C@@H]2[C@@H](OCc3ccccc3)[C@H](O)O[C@H](COCc3ccccc3)[C@H]2OCc2ccccc2)[C@H](OC(C)=O)[C@@H](OC(=O)CCl)[C@@H]1OC(C)=O. The maximum Gasteiger partial charge on any atom is 0.321 e. The molecule has 0 spiro atoms. The lowest BCUT2D eigenvalue weighted by Gasteiger charge is -2.48. The molecule has 0 radical (unpaired) electrons. The number of ether oxygens (including phenoxy) is 10. The van der Waals surface area contributed by atoms with Crippen LogP contribution < -0.4 is 0 Å².